The minimum Gasteiger partial charge on any atom is -0.495 e. The van der Waals surface area contributed by atoms with Gasteiger partial charge in [-0.25, -0.2) is 0 Å². The van der Waals surface area contributed by atoms with E-state index >= 15 is 0 Å². The van der Waals surface area contributed by atoms with Crippen LogP contribution in [0.5, 0.6) is 5.75 Å². The van der Waals surface area contributed by atoms with Crippen molar-refractivity contribution in [2.45, 2.75) is 24.6 Å². The highest BCUT2D eigenvalue weighted by atomic mass is 32.2. The molecule has 1 aliphatic carbocycles. The van der Waals surface area contributed by atoms with E-state index < -0.39 is 0 Å². The summed E-state index contributed by atoms with van der Waals surface area (Å²) in [5, 5.41) is 2.88. The van der Waals surface area contributed by atoms with E-state index in [1.807, 2.05) is 48.5 Å². The zero-order valence-corrected chi connectivity index (χ0v) is 16.0. The number of hydrogen-bond donors (Lipinski definition) is 1. The molecule has 2 aliphatic rings. The third kappa shape index (κ3) is 3.54. The van der Waals surface area contributed by atoms with E-state index in [1.54, 1.807) is 23.8 Å². The van der Waals surface area contributed by atoms with E-state index in [4.69, 9.17) is 4.74 Å². The Morgan fingerprint density at radius 1 is 1.15 bits per heavy atom. The van der Waals surface area contributed by atoms with Crippen molar-refractivity contribution >= 4 is 35.0 Å². The Bertz CT molecular complexity index is 849. The molecule has 1 atom stereocenters. The topological polar surface area (TPSA) is 58.6 Å². The van der Waals surface area contributed by atoms with Gasteiger partial charge in [-0.2, -0.15) is 0 Å². The van der Waals surface area contributed by atoms with Gasteiger partial charge in [0.2, 0.25) is 11.8 Å². The molecule has 0 bridgehead atoms. The molecule has 1 saturated heterocycles. The molecular formula is C21H22N2O3S. The van der Waals surface area contributed by atoms with Crippen molar-refractivity contribution in [2.75, 3.05) is 23.1 Å². The van der Waals surface area contributed by atoms with Crippen molar-refractivity contribution in [3.05, 3.63) is 54.1 Å². The lowest BCUT2D eigenvalue weighted by Gasteiger charge is -2.26. The van der Waals surface area contributed by atoms with Crippen LogP contribution in [0.4, 0.5) is 11.4 Å². The number of hydrogen-bond acceptors (Lipinski definition) is 4. The smallest absolute Gasteiger partial charge is 0.238 e. The van der Waals surface area contributed by atoms with Crippen LogP contribution in [0.1, 0.15) is 30.2 Å². The monoisotopic (exact) mass is 382 g/mol. The number of nitrogens with zero attached hydrogens (tertiary/aromatic N) is 1. The van der Waals surface area contributed by atoms with Gasteiger partial charge in [-0.15, -0.1) is 11.8 Å². The highest BCUT2D eigenvalue weighted by Gasteiger charge is 2.35. The van der Waals surface area contributed by atoms with Crippen LogP contribution in [0.15, 0.2) is 48.5 Å². The first-order chi connectivity index (χ1) is 13.2. The number of thioether (sulfide) groups is 1. The molecule has 1 heterocycles. The molecule has 0 unspecified atom stereocenters. The molecular weight excluding hydrogens is 360 g/mol. The van der Waals surface area contributed by atoms with Gasteiger partial charge in [0.05, 0.1) is 18.6 Å². The second-order valence-corrected chi connectivity index (χ2v) is 7.91. The summed E-state index contributed by atoms with van der Waals surface area (Å²) in [5.41, 5.74) is 2.61. The van der Waals surface area contributed by atoms with E-state index in [2.05, 4.69) is 5.32 Å². The second kappa shape index (κ2) is 7.64. The van der Waals surface area contributed by atoms with Gasteiger partial charge in [-0.3, -0.25) is 14.5 Å². The summed E-state index contributed by atoms with van der Waals surface area (Å²) in [6, 6.07) is 15.4. The summed E-state index contributed by atoms with van der Waals surface area (Å²) < 4.78 is 5.44. The molecule has 2 aromatic carbocycles. The van der Waals surface area contributed by atoms with Crippen molar-refractivity contribution in [1.29, 1.82) is 0 Å². The molecule has 4 rings (SSSR count). The van der Waals surface area contributed by atoms with Crippen LogP contribution in [-0.2, 0) is 9.59 Å². The lowest BCUT2D eigenvalue weighted by Crippen LogP contribution is -2.28. The van der Waals surface area contributed by atoms with E-state index in [0.717, 1.165) is 36.2 Å². The Kier molecular flexibility index (Phi) is 5.07. The van der Waals surface area contributed by atoms with Crippen LogP contribution in [0.25, 0.3) is 0 Å². The van der Waals surface area contributed by atoms with Crippen LogP contribution >= 0.6 is 11.8 Å². The van der Waals surface area contributed by atoms with E-state index in [0.29, 0.717) is 11.5 Å². The summed E-state index contributed by atoms with van der Waals surface area (Å²) in [4.78, 5) is 26.4. The number of methoxy groups -OCH3 is 1. The van der Waals surface area contributed by atoms with Crippen molar-refractivity contribution < 1.29 is 14.3 Å². The number of benzene rings is 2. The maximum atomic E-state index is 12.5. The van der Waals surface area contributed by atoms with E-state index in [1.165, 1.54) is 0 Å². The lowest BCUT2D eigenvalue weighted by molar-refractivity contribution is -0.122. The molecule has 2 aromatic rings. The fourth-order valence-corrected chi connectivity index (χ4v) is 4.58. The highest BCUT2D eigenvalue weighted by Crippen LogP contribution is 2.44. The SMILES string of the molecule is COc1ccccc1N1C(=O)CS[C@H]1c1ccc(NC(=O)C2CCC2)cc1. The standard InChI is InChI=1S/C21H22N2O3S/c1-26-18-8-3-2-7-17(18)23-19(24)13-27-21(23)15-9-11-16(12-10-15)22-20(25)14-5-4-6-14/h2-3,7-12,14,21H,4-6,13H2,1H3,(H,22,25)/t21-/m0/s1. The minimum atomic E-state index is -0.106. The fraction of sp³-hybridized carbons (Fsp3) is 0.333. The molecule has 27 heavy (non-hydrogen) atoms. The van der Waals surface area contributed by atoms with Crippen molar-refractivity contribution in [3.63, 3.8) is 0 Å². The quantitative estimate of drug-likeness (QED) is 0.841. The average Bonchev–Trinajstić information content (AvgIpc) is 3.02. The Balaban J connectivity index is 1.54. The number of anilines is 2. The third-order valence-electron chi connectivity index (χ3n) is 5.15. The van der Waals surface area contributed by atoms with Crippen LogP contribution in [0.3, 0.4) is 0 Å². The first kappa shape index (κ1) is 17.9. The summed E-state index contributed by atoms with van der Waals surface area (Å²) in [7, 11) is 1.61. The van der Waals surface area contributed by atoms with Crippen LogP contribution in [0, 0.1) is 5.92 Å². The molecule has 5 nitrogen and oxygen atoms in total. The van der Waals surface area contributed by atoms with Crippen molar-refractivity contribution in [3.8, 4) is 5.75 Å². The molecule has 0 spiro atoms. The lowest BCUT2D eigenvalue weighted by atomic mass is 9.85. The third-order valence-corrected chi connectivity index (χ3v) is 6.36. The van der Waals surface area contributed by atoms with Gasteiger partial charge in [-0.1, -0.05) is 30.7 Å². The van der Waals surface area contributed by atoms with Gasteiger partial charge >= 0.3 is 0 Å². The van der Waals surface area contributed by atoms with Crippen LogP contribution in [-0.4, -0.2) is 24.7 Å². The first-order valence-corrected chi connectivity index (χ1v) is 10.2. The average molecular weight is 382 g/mol. The van der Waals surface area contributed by atoms with Crippen molar-refractivity contribution in [2.24, 2.45) is 5.92 Å². The zero-order valence-electron chi connectivity index (χ0n) is 15.2. The van der Waals surface area contributed by atoms with Crippen LogP contribution < -0.4 is 15.0 Å². The normalized spacial score (nSPS) is 19.7. The number of rotatable bonds is 5. The first-order valence-electron chi connectivity index (χ1n) is 9.15. The fourth-order valence-electron chi connectivity index (χ4n) is 3.41. The number of para-hydroxylation sites is 2. The zero-order chi connectivity index (χ0) is 18.8. The molecule has 2 fully saturated rings. The molecule has 6 heteroatoms. The van der Waals surface area contributed by atoms with Gasteiger partial charge in [0, 0.05) is 11.6 Å². The minimum absolute atomic E-state index is 0.0665. The Labute approximate surface area is 163 Å². The predicted molar refractivity (Wildman–Crippen MR) is 108 cm³/mol. The Morgan fingerprint density at radius 2 is 1.89 bits per heavy atom. The summed E-state index contributed by atoms with van der Waals surface area (Å²) >= 11 is 1.60. The molecule has 140 valence electrons. The predicted octanol–water partition coefficient (Wildman–Crippen LogP) is 4.21. The molecule has 0 aromatic heterocycles. The number of amides is 2. The Hall–Kier alpha value is -2.47. The number of nitrogens with one attached hydrogen (secondary N) is 1. The molecule has 2 amide bonds. The maximum Gasteiger partial charge on any atom is 0.238 e. The van der Waals surface area contributed by atoms with E-state index in [9.17, 15) is 9.59 Å². The van der Waals surface area contributed by atoms with E-state index in [-0.39, 0.29) is 23.1 Å². The van der Waals surface area contributed by atoms with Crippen LogP contribution in [0.2, 0.25) is 0 Å². The van der Waals surface area contributed by atoms with Crippen molar-refractivity contribution in [1.82, 2.24) is 0 Å². The molecule has 1 saturated carbocycles. The van der Waals surface area contributed by atoms with Gasteiger partial charge in [0.25, 0.3) is 0 Å². The second-order valence-electron chi connectivity index (χ2n) is 6.84. The van der Waals surface area contributed by atoms with Gasteiger partial charge < -0.3 is 10.1 Å². The Morgan fingerprint density at radius 3 is 2.56 bits per heavy atom. The van der Waals surface area contributed by atoms with Gasteiger partial charge in [0.15, 0.2) is 0 Å². The largest absolute Gasteiger partial charge is 0.495 e. The molecule has 0 radical (unpaired) electrons. The maximum absolute atomic E-state index is 12.5. The highest BCUT2D eigenvalue weighted by molar-refractivity contribution is 8.00. The molecule has 1 aliphatic heterocycles. The summed E-state index contributed by atoms with van der Waals surface area (Å²) in [6.45, 7) is 0. The summed E-state index contributed by atoms with van der Waals surface area (Å²) in [5.74, 6) is 1.45. The summed E-state index contributed by atoms with van der Waals surface area (Å²) in [6.07, 6.45) is 3.11. The number of carbonyl (C=O) groups excluding carboxylic acids is 2. The van der Waals surface area contributed by atoms with Gasteiger partial charge in [-0.05, 0) is 42.7 Å². The van der Waals surface area contributed by atoms with Gasteiger partial charge in [0.1, 0.15) is 11.1 Å². The number of carbonyl (C=O) groups is 2. The molecule has 1 N–H and O–H groups in total. The number of ether oxygens (including phenoxy) is 1.